The second kappa shape index (κ2) is 11.0. The zero-order chi connectivity index (χ0) is 23.2. The van der Waals surface area contributed by atoms with Crippen molar-refractivity contribution >= 4 is 16.8 Å². The summed E-state index contributed by atoms with van der Waals surface area (Å²) in [6.07, 6.45) is 6.16. The van der Waals surface area contributed by atoms with Crippen molar-refractivity contribution in [3.05, 3.63) is 59.8 Å². The quantitative estimate of drug-likeness (QED) is 0.579. The van der Waals surface area contributed by atoms with Crippen molar-refractivity contribution in [1.29, 1.82) is 0 Å². The Kier molecular flexibility index (Phi) is 7.41. The van der Waals surface area contributed by atoms with E-state index in [1.54, 1.807) is 0 Å². The van der Waals surface area contributed by atoms with Crippen LogP contribution >= 0.6 is 0 Å². The number of benzene rings is 2. The van der Waals surface area contributed by atoms with Crippen LogP contribution in [0.3, 0.4) is 0 Å². The number of carbonyl (C=O) groups is 1. The first kappa shape index (κ1) is 22.9. The molecule has 7 nitrogen and oxygen atoms in total. The summed E-state index contributed by atoms with van der Waals surface area (Å²) in [5.74, 6) is 1.47. The topological polar surface area (TPSA) is 70.7 Å². The average molecular weight is 463 g/mol. The second-order valence-corrected chi connectivity index (χ2v) is 9.42. The SMILES string of the molecule is O=C(c1cccc(OCCN2CCOCC2)c1)N1CCC[C@H](Cc2ccc3[nH]ncc3c2)CC1. The Bertz CT molecular complexity index is 1090. The molecule has 1 N–H and O–H groups in total. The molecule has 1 aromatic heterocycles. The number of morpholine rings is 1. The fraction of sp³-hybridized carbons (Fsp3) is 0.481. The molecule has 2 aromatic carbocycles. The van der Waals surface area contributed by atoms with Crippen molar-refractivity contribution in [2.24, 2.45) is 5.92 Å². The van der Waals surface area contributed by atoms with Gasteiger partial charge in [-0.1, -0.05) is 12.1 Å². The lowest BCUT2D eigenvalue weighted by Gasteiger charge is -2.26. The van der Waals surface area contributed by atoms with Crippen molar-refractivity contribution < 1.29 is 14.3 Å². The average Bonchev–Trinajstić information content (AvgIpc) is 3.22. The molecule has 5 rings (SSSR count). The minimum Gasteiger partial charge on any atom is -0.492 e. The molecule has 1 amide bonds. The van der Waals surface area contributed by atoms with E-state index in [2.05, 4.69) is 33.3 Å². The maximum Gasteiger partial charge on any atom is 0.253 e. The summed E-state index contributed by atoms with van der Waals surface area (Å²) in [5, 5.41) is 8.30. The number of aromatic amines is 1. The molecule has 7 heteroatoms. The summed E-state index contributed by atoms with van der Waals surface area (Å²) in [6.45, 7) is 6.61. The van der Waals surface area contributed by atoms with Crippen LogP contribution in [0.2, 0.25) is 0 Å². The molecule has 0 spiro atoms. The normalized spacial score (nSPS) is 19.8. The molecule has 3 aromatic rings. The zero-order valence-corrected chi connectivity index (χ0v) is 19.7. The first-order valence-electron chi connectivity index (χ1n) is 12.5. The summed E-state index contributed by atoms with van der Waals surface area (Å²) < 4.78 is 11.4. The van der Waals surface area contributed by atoms with Gasteiger partial charge in [-0.05, 0) is 67.5 Å². The van der Waals surface area contributed by atoms with Crippen molar-refractivity contribution in [3.63, 3.8) is 0 Å². The van der Waals surface area contributed by atoms with Gasteiger partial charge in [0.15, 0.2) is 0 Å². The van der Waals surface area contributed by atoms with Gasteiger partial charge in [0.1, 0.15) is 12.4 Å². The Morgan fingerprint density at radius 3 is 2.91 bits per heavy atom. The lowest BCUT2D eigenvalue weighted by Crippen LogP contribution is -2.38. The third kappa shape index (κ3) is 5.77. The van der Waals surface area contributed by atoms with Crippen LogP contribution in [0.15, 0.2) is 48.7 Å². The van der Waals surface area contributed by atoms with Gasteiger partial charge in [-0.2, -0.15) is 5.10 Å². The third-order valence-corrected chi connectivity index (χ3v) is 7.02. The number of rotatable bonds is 7. The van der Waals surface area contributed by atoms with Gasteiger partial charge in [0.25, 0.3) is 5.91 Å². The standard InChI is InChI=1S/C27H34N4O3/c32-27(23-4-1-5-25(19-23)34-16-13-30-11-14-33-15-12-30)31-9-2-3-21(8-10-31)17-22-6-7-26-24(18-22)20-28-29-26/h1,4-7,18-21H,2-3,8-17H2,(H,28,29)/t21-/m0/s1. The number of nitrogens with one attached hydrogen (secondary N) is 1. The lowest BCUT2D eigenvalue weighted by molar-refractivity contribution is 0.0322. The highest BCUT2D eigenvalue weighted by atomic mass is 16.5. The number of nitrogens with zero attached hydrogens (tertiary/aromatic N) is 3. The molecular weight excluding hydrogens is 428 g/mol. The Morgan fingerprint density at radius 2 is 2.00 bits per heavy atom. The van der Waals surface area contributed by atoms with Crippen LogP contribution in [-0.4, -0.2) is 78.4 Å². The van der Waals surface area contributed by atoms with Crippen LogP contribution in [0.4, 0.5) is 0 Å². The molecule has 3 heterocycles. The Morgan fingerprint density at radius 1 is 1.09 bits per heavy atom. The van der Waals surface area contributed by atoms with Crippen molar-refractivity contribution in [2.45, 2.75) is 25.7 Å². The van der Waals surface area contributed by atoms with E-state index in [0.29, 0.717) is 18.1 Å². The lowest BCUT2D eigenvalue weighted by atomic mass is 9.92. The van der Waals surface area contributed by atoms with Crippen LogP contribution in [0.25, 0.3) is 10.9 Å². The largest absolute Gasteiger partial charge is 0.492 e. The molecule has 2 aliphatic heterocycles. The van der Waals surface area contributed by atoms with Crippen molar-refractivity contribution in [3.8, 4) is 5.75 Å². The fourth-order valence-electron chi connectivity index (χ4n) is 5.04. The van der Waals surface area contributed by atoms with E-state index in [-0.39, 0.29) is 5.91 Å². The number of aromatic nitrogens is 2. The number of hydrogen-bond donors (Lipinski definition) is 1. The molecule has 0 radical (unpaired) electrons. The second-order valence-electron chi connectivity index (χ2n) is 9.42. The van der Waals surface area contributed by atoms with Crippen LogP contribution in [0.1, 0.15) is 35.2 Å². The van der Waals surface area contributed by atoms with Gasteiger partial charge in [-0.25, -0.2) is 0 Å². The van der Waals surface area contributed by atoms with Gasteiger partial charge in [0, 0.05) is 43.7 Å². The molecule has 0 bridgehead atoms. The molecule has 180 valence electrons. The smallest absolute Gasteiger partial charge is 0.253 e. The maximum absolute atomic E-state index is 13.2. The first-order chi connectivity index (χ1) is 16.7. The maximum atomic E-state index is 13.2. The molecule has 34 heavy (non-hydrogen) atoms. The van der Waals surface area contributed by atoms with E-state index < -0.39 is 0 Å². The first-order valence-corrected chi connectivity index (χ1v) is 12.5. The van der Waals surface area contributed by atoms with E-state index in [1.165, 1.54) is 5.56 Å². The van der Waals surface area contributed by atoms with Crippen LogP contribution in [0.5, 0.6) is 5.75 Å². The van der Waals surface area contributed by atoms with E-state index in [0.717, 1.165) is 88.3 Å². The summed E-state index contributed by atoms with van der Waals surface area (Å²) >= 11 is 0. The number of amides is 1. The number of ether oxygens (including phenoxy) is 2. The molecule has 0 aliphatic carbocycles. The van der Waals surface area contributed by atoms with Gasteiger partial charge < -0.3 is 14.4 Å². The Balaban J connectivity index is 1.13. The Hall–Kier alpha value is -2.90. The third-order valence-electron chi connectivity index (χ3n) is 7.02. The van der Waals surface area contributed by atoms with Gasteiger partial charge in [0.05, 0.1) is 24.9 Å². The van der Waals surface area contributed by atoms with E-state index in [9.17, 15) is 4.79 Å². The summed E-state index contributed by atoms with van der Waals surface area (Å²) in [4.78, 5) is 17.6. The number of hydrogen-bond acceptors (Lipinski definition) is 5. The molecule has 1 atom stereocenters. The van der Waals surface area contributed by atoms with Gasteiger partial charge in [-0.15, -0.1) is 0 Å². The highest BCUT2D eigenvalue weighted by Gasteiger charge is 2.22. The zero-order valence-electron chi connectivity index (χ0n) is 19.7. The highest BCUT2D eigenvalue weighted by Crippen LogP contribution is 2.25. The van der Waals surface area contributed by atoms with Crippen molar-refractivity contribution in [2.75, 3.05) is 52.5 Å². The summed E-state index contributed by atoms with van der Waals surface area (Å²) in [5.41, 5.74) is 3.14. The molecule has 2 saturated heterocycles. The minimum absolute atomic E-state index is 0.110. The minimum atomic E-state index is 0.110. The van der Waals surface area contributed by atoms with E-state index in [4.69, 9.17) is 9.47 Å². The number of H-pyrrole nitrogens is 1. The monoisotopic (exact) mass is 462 g/mol. The number of likely N-dealkylation sites (tertiary alicyclic amines) is 1. The van der Waals surface area contributed by atoms with Gasteiger partial charge >= 0.3 is 0 Å². The van der Waals surface area contributed by atoms with Crippen LogP contribution < -0.4 is 4.74 Å². The summed E-state index contributed by atoms with van der Waals surface area (Å²) in [7, 11) is 0. The van der Waals surface area contributed by atoms with E-state index >= 15 is 0 Å². The Labute approximate surface area is 201 Å². The molecular formula is C27H34N4O3. The predicted octanol–water partition coefficient (Wildman–Crippen LogP) is 3.76. The van der Waals surface area contributed by atoms with Crippen molar-refractivity contribution in [1.82, 2.24) is 20.0 Å². The number of fused-ring (bicyclic) bond motifs is 1. The van der Waals surface area contributed by atoms with Gasteiger partial charge in [-0.3, -0.25) is 14.8 Å². The van der Waals surface area contributed by atoms with Crippen LogP contribution in [0, 0.1) is 5.92 Å². The predicted molar refractivity (Wildman–Crippen MR) is 132 cm³/mol. The number of carbonyl (C=O) groups excluding carboxylic acids is 1. The molecule has 2 aliphatic rings. The molecule has 0 saturated carbocycles. The van der Waals surface area contributed by atoms with E-state index in [1.807, 2.05) is 35.4 Å². The van der Waals surface area contributed by atoms with Gasteiger partial charge in [0.2, 0.25) is 0 Å². The molecule has 2 fully saturated rings. The van der Waals surface area contributed by atoms with Crippen LogP contribution in [-0.2, 0) is 11.2 Å². The fourth-order valence-corrected chi connectivity index (χ4v) is 5.04. The molecule has 0 unspecified atom stereocenters. The summed E-state index contributed by atoms with van der Waals surface area (Å²) in [6, 6.07) is 14.2. The highest BCUT2D eigenvalue weighted by molar-refractivity contribution is 5.94.